The number of hydrogen-bond acceptors (Lipinski definition) is 10. The highest BCUT2D eigenvalue weighted by Crippen LogP contribution is 2.69. The summed E-state index contributed by atoms with van der Waals surface area (Å²) in [5.41, 5.74) is -0.274. The average molecular weight is 721 g/mol. The SMILES string of the molecule is CCC(NC(C)C)C(O)c1ccc(O)c2[nH]c(=O)ccc12.CCCC1O[C@@H]2C[C@H]3[C@@H]4CCC5=CC(=O)C=C[C@]5(C)[C@H]4[C@@H](O)C[C@]3(C)[C@]2(C(=O)CO)O1. The highest BCUT2D eigenvalue weighted by Gasteiger charge is 2.75. The molecule has 11 heteroatoms. The normalized spacial score (nSPS) is 35.9. The first-order valence-corrected chi connectivity index (χ1v) is 19.0. The molecule has 7 rings (SSSR count). The van der Waals surface area contributed by atoms with Crippen LogP contribution >= 0.6 is 0 Å². The van der Waals surface area contributed by atoms with Gasteiger partial charge in [0, 0.05) is 40.3 Å². The summed E-state index contributed by atoms with van der Waals surface area (Å²) in [4.78, 5) is 39.2. The Kier molecular flexibility index (Phi) is 10.8. The maximum absolute atomic E-state index is 13.2. The molecule has 2 heterocycles. The number of carbonyl (C=O) groups is 2. The van der Waals surface area contributed by atoms with E-state index in [9.17, 15) is 34.8 Å². The molecule has 284 valence electrons. The molecular weight excluding hydrogens is 664 g/mol. The van der Waals surface area contributed by atoms with E-state index in [1.54, 1.807) is 24.3 Å². The molecular formula is C41H56N2O9. The lowest BCUT2D eigenvalue weighted by molar-refractivity contribution is -0.200. The summed E-state index contributed by atoms with van der Waals surface area (Å²) in [6.07, 6.45) is 8.37. The second-order valence-corrected chi connectivity index (χ2v) is 16.3. The lowest BCUT2D eigenvalue weighted by Gasteiger charge is -2.59. The van der Waals surface area contributed by atoms with E-state index in [-0.39, 0.29) is 58.1 Å². The molecule has 3 saturated carbocycles. The smallest absolute Gasteiger partial charge is 0.248 e. The largest absolute Gasteiger partial charge is 0.506 e. The number of aromatic amines is 1. The van der Waals surface area contributed by atoms with Crippen molar-refractivity contribution in [1.29, 1.82) is 0 Å². The minimum absolute atomic E-state index is 0.00326. The summed E-state index contributed by atoms with van der Waals surface area (Å²) in [5, 5.41) is 45.9. The zero-order valence-electron chi connectivity index (χ0n) is 31.2. The minimum atomic E-state index is -1.20. The number of pyridine rings is 1. The number of aliphatic hydroxyl groups excluding tert-OH is 3. The quantitative estimate of drug-likeness (QED) is 0.212. The van der Waals surface area contributed by atoms with Crippen molar-refractivity contribution >= 4 is 22.5 Å². The fourth-order valence-corrected chi connectivity index (χ4v) is 10.7. The van der Waals surface area contributed by atoms with Gasteiger partial charge in [0.1, 0.15) is 12.4 Å². The van der Waals surface area contributed by atoms with Crippen LogP contribution in [0, 0.1) is 28.6 Å². The molecule has 1 aromatic carbocycles. The number of aliphatic hydroxyl groups is 3. The van der Waals surface area contributed by atoms with Gasteiger partial charge in [0.2, 0.25) is 5.56 Å². The third-order valence-corrected chi connectivity index (χ3v) is 13.0. The lowest BCUT2D eigenvalue weighted by atomic mass is 9.46. The van der Waals surface area contributed by atoms with Crippen LogP contribution < -0.4 is 10.9 Å². The van der Waals surface area contributed by atoms with Crippen LogP contribution in [0.25, 0.3) is 10.9 Å². The number of allylic oxidation sites excluding steroid dienone is 4. The fraction of sp³-hybridized carbons (Fsp3) is 0.634. The predicted octanol–water partition coefficient (Wildman–Crippen LogP) is 4.76. The summed E-state index contributed by atoms with van der Waals surface area (Å²) in [6, 6.07) is 6.39. The Bertz CT molecular complexity index is 1800. The van der Waals surface area contributed by atoms with Crippen LogP contribution in [0.2, 0.25) is 0 Å². The van der Waals surface area contributed by atoms with E-state index in [1.165, 1.54) is 12.1 Å². The van der Waals surface area contributed by atoms with Crippen molar-refractivity contribution in [3.05, 3.63) is 64.0 Å². The van der Waals surface area contributed by atoms with Gasteiger partial charge in [-0.25, -0.2) is 0 Å². The number of carbonyl (C=O) groups excluding carboxylic acids is 2. The topological polar surface area (TPSA) is 178 Å². The van der Waals surface area contributed by atoms with Gasteiger partial charge in [0.05, 0.1) is 23.8 Å². The summed E-state index contributed by atoms with van der Waals surface area (Å²) >= 11 is 0. The molecule has 6 N–H and O–H groups in total. The number of phenolic OH excluding ortho intramolecular Hbond substituents is 1. The number of H-pyrrole nitrogens is 1. The van der Waals surface area contributed by atoms with E-state index >= 15 is 0 Å². The van der Waals surface area contributed by atoms with Crippen molar-refractivity contribution < 1.29 is 39.5 Å². The number of benzene rings is 1. The molecule has 4 aliphatic carbocycles. The number of rotatable bonds is 9. The summed E-state index contributed by atoms with van der Waals surface area (Å²) in [7, 11) is 0. The number of ketones is 2. The van der Waals surface area contributed by atoms with Crippen LogP contribution in [0.4, 0.5) is 0 Å². The monoisotopic (exact) mass is 720 g/mol. The Balaban J connectivity index is 0.000000194. The second-order valence-electron chi connectivity index (χ2n) is 16.3. The Labute approximate surface area is 305 Å². The van der Waals surface area contributed by atoms with Crippen LogP contribution in [0.3, 0.4) is 0 Å². The molecule has 0 radical (unpaired) electrons. The zero-order valence-corrected chi connectivity index (χ0v) is 31.2. The molecule has 0 bridgehead atoms. The van der Waals surface area contributed by atoms with Crippen LogP contribution in [0.15, 0.2) is 52.9 Å². The van der Waals surface area contributed by atoms with Gasteiger partial charge < -0.3 is 40.2 Å². The fourth-order valence-electron chi connectivity index (χ4n) is 10.7. The van der Waals surface area contributed by atoms with Gasteiger partial charge in [-0.2, -0.15) is 0 Å². The van der Waals surface area contributed by atoms with E-state index < -0.39 is 42.2 Å². The highest BCUT2D eigenvalue weighted by molar-refractivity contribution is 6.01. The van der Waals surface area contributed by atoms with E-state index in [2.05, 4.69) is 31.1 Å². The van der Waals surface area contributed by atoms with Crippen molar-refractivity contribution in [1.82, 2.24) is 10.3 Å². The zero-order chi connectivity index (χ0) is 37.7. The van der Waals surface area contributed by atoms with E-state index in [1.807, 2.05) is 26.8 Å². The van der Waals surface area contributed by atoms with E-state index in [0.29, 0.717) is 35.7 Å². The van der Waals surface area contributed by atoms with Crippen molar-refractivity contribution in [2.24, 2.45) is 28.6 Å². The molecule has 11 nitrogen and oxygen atoms in total. The first-order chi connectivity index (χ1) is 24.6. The Hall–Kier alpha value is -3.19. The van der Waals surface area contributed by atoms with Crippen LogP contribution in [-0.4, -0.2) is 79.8 Å². The summed E-state index contributed by atoms with van der Waals surface area (Å²) in [6.45, 7) is 11.7. The van der Waals surface area contributed by atoms with E-state index in [0.717, 1.165) is 31.3 Å². The molecule has 1 saturated heterocycles. The first kappa shape index (κ1) is 38.5. The third-order valence-electron chi connectivity index (χ3n) is 13.0. The number of aromatic hydroxyl groups is 1. The van der Waals surface area contributed by atoms with Crippen molar-refractivity contribution in [2.75, 3.05) is 6.61 Å². The number of nitrogens with one attached hydrogen (secondary N) is 2. The van der Waals surface area contributed by atoms with Gasteiger partial charge in [-0.05, 0) is 80.2 Å². The number of Topliss-reactive ketones (excluding diaryl/α,β-unsaturated/α-hetero) is 1. The van der Waals surface area contributed by atoms with Gasteiger partial charge in [-0.3, -0.25) is 14.4 Å². The maximum atomic E-state index is 13.2. The first-order valence-electron chi connectivity index (χ1n) is 19.0. The molecule has 0 spiro atoms. The lowest BCUT2D eigenvalue weighted by Crippen LogP contribution is -2.63. The number of hydrogen-bond donors (Lipinski definition) is 6. The summed E-state index contributed by atoms with van der Waals surface area (Å²) in [5.74, 6) is 0.0307. The minimum Gasteiger partial charge on any atom is -0.506 e. The number of ether oxygens (including phenoxy) is 2. The Morgan fingerprint density at radius 3 is 2.56 bits per heavy atom. The van der Waals surface area contributed by atoms with Crippen LogP contribution in [0.1, 0.15) is 98.2 Å². The number of fused-ring (bicyclic) bond motifs is 8. The van der Waals surface area contributed by atoms with Crippen LogP contribution in [0.5, 0.6) is 5.75 Å². The van der Waals surface area contributed by atoms with E-state index in [4.69, 9.17) is 9.47 Å². The van der Waals surface area contributed by atoms with Gasteiger partial charge in [-0.15, -0.1) is 0 Å². The number of phenols is 1. The molecule has 11 atom stereocenters. The average Bonchev–Trinajstić information content (AvgIpc) is 3.59. The standard InChI is InChI=1S/C25H34O6.C16H22N2O3/c1-4-5-21-30-20-11-17-16-7-6-14-10-15(27)8-9-23(14,2)22(16)18(28)12-24(17,3)25(20,31-21)19(29)13-26;1-4-12(17-9(2)3)16(21)11-5-7-13(19)15-10(11)6-8-14(20)18-15/h8-10,16-18,20-22,26,28H,4-7,11-13H2,1-3H3;5-9,12,16-17,19,21H,4H2,1-3H3,(H,18,20)/t16-,17-,18-,20+,21?,22+,23-,24-,25+;/m0./s1. The molecule has 0 amide bonds. The van der Waals surface area contributed by atoms with Crippen molar-refractivity contribution in [3.63, 3.8) is 0 Å². The molecule has 1 aromatic heterocycles. The number of aromatic nitrogens is 1. The molecule has 4 fully saturated rings. The molecule has 3 unspecified atom stereocenters. The molecule has 5 aliphatic rings. The maximum Gasteiger partial charge on any atom is 0.248 e. The second kappa shape index (κ2) is 14.6. The molecule has 52 heavy (non-hydrogen) atoms. The third kappa shape index (κ3) is 6.21. The van der Waals surface area contributed by atoms with Gasteiger partial charge >= 0.3 is 0 Å². The Morgan fingerprint density at radius 2 is 1.88 bits per heavy atom. The molecule has 2 aromatic rings. The Morgan fingerprint density at radius 1 is 1.13 bits per heavy atom. The van der Waals surface area contributed by atoms with Crippen molar-refractivity contribution in [3.8, 4) is 5.75 Å². The van der Waals surface area contributed by atoms with Gasteiger partial charge in [0.15, 0.2) is 23.5 Å². The van der Waals surface area contributed by atoms with Crippen LogP contribution in [-0.2, 0) is 19.1 Å². The predicted molar refractivity (Wildman–Crippen MR) is 196 cm³/mol. The van der Waals surface area contributed by atoms with Crippen molar-refractivity contribution in [2.45, 2.75) is 129 Å². The summed E-state index contributed by atoms with van der Waals surface area (Å²) < 4.78 is 12.7. The van der Waals surface area contributed by atoms with Gasteiger partial charge in [-0.1, -0.05) is 65.7 Å². The van der Waals surface area contributed by atoms with Gasteiger partial charge in [0.25, 0.3) is 0 Å². The molecule has 1 aliphatic heterocycles. The highest BCUT2D eigenvalue weighted by atomic mass is 16.7.